The standard InChI is InChI=1S/C31H31Cl2FN6O2/c1-7-24(41)38-14-19(6)39(15-18(38)5)29-21-13-22(32)27(20-9-8-10-23(34)25(20)33)36-30(21)40(31(42)37-29)28-17(4)11-12-35-26(28)16(2)3/h7-13,16,18-19H,1,14-15H2,2-6H3. The lowest BCUT2D eigenvalue weighted by molar-refractivity contribution is -0.128. The Labute approximate surface area is 253 Å². The molecule has 11 heteroatoms. The van der Waals surface area contributed by atoms with Gasteiger partial charge in [-0.2, -0.15) is 4.98 Å². The van der Waals surface area contributed by atoms with Gasteiger partial charge in [-0.25, -0.2) is 18.7 Å². The van der Waals surface area contributed by atoms with Gasteiger partial charge in [0.2, 0.25) is 5.91 Å². The van der Waals surface area contributed by atoms with Crippen molar-refractivity contribution in [2.75, 3.05) is 18.0 Å². The number of benzene rings is 1. The van der Waals surface area contributed by atoms with Crippen molar-refractivity contribution in [1.29, 1.82) is 0 Å². The van der Waals surface area contributed by atoms with Crippen LogP contribution in [-0.2, 0) is 4.79 Å². The van der Waals surface area contributed by atoms with E-state index in [1.807, 2.05) is 45.6 Å². The van der Waals surface area contributed by atoms with E-state index in [1.54, 1.807) is 23.2 Å². The molecule has 0 bridgehead atoms. The highest BCUT2D eigenvalue weighted by molar-refractivity contribution is 6.36. The maximum atomic E-state index is 14.5. The Morgan fingerprint density at radius 1 is 1.14 bits per heavy atom. The van der Waals surface area contributed by atoms with Gasteiger partial charge in [-0.05, 0) is 56.5 Å². The summed E-state index contributed by atoms with van der Waals surface area (Å²) in [4.78, 5) is 44.3. The Balaban J connectivity index is 1.84. The number of halogens is 3. The molecule has 218 valence electrons. The number of anilines is 1. The van der Waals surface area contributed by atoms with Crippen LogP contribution in [-0.4, -0.2) is 55.5 Å². The maximum Gasteiger partial charge on any atom is 0.355 e. The van der Waals surface area contributed by atoms with Gasteiger partial charge < -0.3 is 9.80 Å². The van der Waals surface area contributed by atoms with Crippen molar-refractivity contribution in [3.63, 3.8) is 0 Å². The minimum absolute atomic E-state index is 0.0118. The van der Waals surface area contributed by atoms with Crippen LogP contribution in [0.2, 0.25) is 10.0 Å². The molecule has 1 amide bonds. The first-order valence-electron chi connectivity index (χ1n) is 13.7. The molecule has 0 radical (unpaired) electrons. The number of hydrogen-bond acceptors (Lipinski definition) is 6. The number of nitrogens with zero attached hydrogens (tertiary/aromatic N) is 6. The quantitative estimate of drug-likeness (QED) is 0.246. The molecule has 0 aliphatic carbocycles. The van der Waals surface area contributed by atoms with Crippen LogP contribution in [0, 0.1) is 12.7 Å². The summed E-state index contributed by atoms with van der Waals surface area (Å²) < 4.78 is 16.0. The summed E-state index contributed by atoms with van der Waals surface area (Å²) in [5.74, 6) is -0.380. The fourth-order valence-electron chi connectivity index (χ4n) is 5.53. The van der Waals surface area contributed by atoms with Crippen molar-refractivity contribution in [1.82, 2.24) is 24.4 Å². The zero-order valence-corrected chi connectivity index (χ0v) is 25.5. The number of aromatic nitrogens is 4. The number of fused-ring (bicyclic) bond motifs is 1. The summed E-state index contributed by atoms with van der Waals surface area (Å²) in [5.41, 5.74) is 2.36. The van der Waals surface area contributed by atoms with Crippen molar-refractivity contribution in [2.24, 2.45) is 0 Å². The number of piperazine rings is 1. The number of carbonyl (C=O) groups is 1. The molecule has 0 N–H and O–H groups in total. The van der Waals surface area contributed by atoms with Crippen LogP contribution in [0.4, 0.5) is 10.2 Å². The van der Waals surface area contributed by atoms with Gasteiger partial charge in [-0.15, -0.1) is 0 Å². The molecule has 1 aliphatic rings. The predicted molar refractivity (Wildman–Crippen MR) is 165 cm³/mol. The van der Waals surface area contributed by atoms with Crippen molar-refractivity contribution in [2.45, 2.75) is 52.6 Å². The zero-order valence-electron chi connectivity index (χ0n) is 24.0. The molecule has 4 aromatic rings. The van der Waals surface area contributed by atoms with E-state index in [0.717, 1.165) is 5.56 Å². The molecule has 8 nitrogen and oxygen atoms in total. The average molecular weight is 610 g/mol. The van der Waals surface area contributed by atoms with E-state index in [1.165, 1.54) is 22.8 Å². The molecular formula is C31H31Cl2FN6O2. The highest BCUT2D eigenvalue weighted by Crippen LogP contribution is 2.38. The SMILES string of the molecule is C=CC(=O)N1CC(C)N(c2nc(=O)n(-c3c(C)ccnc3C(C)C)c3nc(-c4cccc(F)c4Cl)c(Cl)cc23)CC1C. The topological polar surface area (TPSA) is 84.2 Å². The van der Waals surface area contributed by atoms with E-state index in [-0.39, 0.29) is 45.3 Å². The molecule has 0 spiro atoms. The van der Waals surface area contributed by atoms with Crippen LogP contribution in [0.5, 0.6) is 0 Å². The second-order valence-corrected chi connectivity index (χ2v) is 11.7. The normalized spacial score (nSPS) is 17.3. The van der Waals surface area contributed by atoms with Crippen LogP contribution in [0.25, 0.3) is 28.0 Å². The molecule has 1 aromatic carbocycles. The largest absolute Gasteiger partial charge is 0.355 e. The molecule has 4 heterocycles. The highest BCUT2D eigenvalue weighted by Gasteiger charge is 2.34. The summed E-state index contributed by atoms with van der Waals surface area (Å²) in [7, 11) is 0. The molecule has 1 fully saturated rings. The number of carbonyl (C=O) groups excluding carboxylic acids is 1. The van der Waals surface area contributed by atoms with E-state index >= 15 is 0 Å². The number of amides is 1. The van der Waals surface area contributed by atoms with E-state index < -0.39 is 11.5 Å². The van der Waals surface area contributed by atoms with Crippen LogP contribution in [0.1, 0.15) is 44.9 Å². The summed E-state index contributed by atoms with van der Waals surface area (Å²) in [6.45, 7) is 14.2. The number of pyridine rings is 2. The molecular weight excluding hydrogens is 578 g/mol. The third kappa shape index (κ3) is 5.05. The molecule has 1 aliphatic heterocycles. The fourth-order valence-corrected chi connectivity index (χ4v) is 6.00. The average Bonchev–Trinajstić information content (AvgIpc) is 2.95. The smallest absolute Gasteiger partial charge is 0.349 e. The second kappa shape index (κ2) is 11.5. The minimum Gasteiger partial charge on any atom is -0.349 e. The molecule has 5 rings (SSSR count). The van der Waals surface area contributed by atoms with Gasteiger partial charge in [0.25, 0.3) is 0 Å². The summed E-state index contributed by atoms with van der Waals surface area (Å²) in [5, 5.41) is 0.619. The van der Waals surface area contributed by atoms with Gasteiger partial charge in [-0.1, -0.05) is 55.8 Å². The van der Waals surface area contributed by atoms with Gasteiger partial charge in [0.05, 0.1) is 32.5 Å². The molecule has 0 saturated carbocycles. The van der Waals surface area contributed by atoms with Gasteiger partial charge >= 0.3 is 5.69 Å². The highest BCUT2D eigenvalue weighted by atomic mass is 35.5. The van der Waals surface area contributed by atoms with Crippen LogP contribution < -0.4 is 10.6 Å². The number of rotatable bonds is 5. The lowest BCUT2D eigenvalue weighted by Gasteiger charge is -2.44. The molecule has 2 atom stereocenters. The second-order valence-electron chi connectivity index (χ2n) is 10.9. The first-order chi connectivity index (χ1) is 19.9. The van der Waals surface area contributed by atoms with Gasteiger partial charge in [-0.3, -0.25) is 9.78 Å². The monoisotopic (exact) mass is 608 g/mol. The van der Waals surface area contributed by atoms with Crippen molar-refractivity contribution in [3.8, 4) is 16.9 Å². The molecule has 3 aromatic heterocycles. The van der Waals surface area contributed by atoms with E-state index in [0.29, 0.717) is 41.2 Å². The van der Waals surface area contributed by atoms with Gasteiger partial charge in [0, 0.05) is 36.9 Å². The van der Waals surface area contributed by atoms with E-state index in [4.69, 9.17) is 28.2 Å². The Kier molecular flexibility index (Phi) is 8.09. The van der Waals surface area contributed by atoms with Crippen LogP contribution in [0.15, 0.2) is 54.0 Å². The van der Waals surface area contributed by atoms with Crippen LogP contribution >= 0.6 is 23.2 Å². The van der Waals surface area contributed by atoms with E-state index in [2.05, 4.69) is 16.5 Å². The van der Waals surface area contributed by atoms with E-state index in [9.17, 15) is 14.0 Å². The molecule has 2 unspecified atom stereocenters. The fraction of sp³-hybridized carbons (Fsp3) is 0.323. The summed E-state index contributed by atoms with van der Waals surface area (Å²) >= 11 is 13.2. The summed E-state index contributed by atoms with van der Waals surface area (Å²) in [6, 6.07) is 7.58. The van der Waals surface area contributed by atoms with Gasteiger partial charge in [0.1, 0.15) is 11.6 Å². The third-order valence-electron chi connectivity index (χ3n) is 7.65. The van der Waals surface area contributed by atoms with Crippen molar-refractivity contribution in [3.05, 3.63) is 86.8 Å². The van der Waals surface area contributed by atoms with Crippen LogP contribution in [0.3, 0.4) is 0 Å². The Hall–Kier alpha value is -3.82. The minimum atomic E-state index is -0.611. The predicted octanol–water partition coefficient (Wildman–Crippen LogP) is 6.33. The molecule has 42 heavy (non-hydrogen) atoms. The zero-order chi connectivity index (χ0) is 30.5. The summed E-state index contributed by atoms with van der Waals surface area (Å²) in [6.07, 6.45) is 3.01. The molecule has 1 saturated heterocycles. The van der Waals surface area contributed by atoms with Crippen molar-refractivity contribution >= 4 is 46.0 Å². The lowest BCUT2D eigenvalue weighted by atomic mass is 10.0. The Bertz CT molecular complexity index is 1790. The first kappa shape index (κ1) is 29.7. The maximum absolute atomic E-state index is 14.5. The van der Waals surface area contributed by atoms with Gasteiger partial charge in [0.15, 0.2) is 5.65 Å². The Morgan fingerprint density at radius 3 is 2.57 bits per heavy atom. The van der Waals surface area contributed by atoms with Crippen molar-refractivity contribution < 1.29 is 9.18 Å². The third-order valence-corrected chi connectivity index (χ3v) is 8.32. The lowest BCUT2D eigenvalue weighted by Crippen LogP contribution is -2.58. The Morgan fingerprint density at radius 2 is 1.88 bits per heavy atom. The number of hydrogen-bond donors (Lipinski definition) is 0. The first-order valence-corrected chi connectivity index (χ1v) is 14.4. The number of aryl methyl sites for hydroxylation is 1.